The molecule has 0 fully saturated rings. The van der Waals surface area contributed by atoms with Gasteiger partial charge in [-0.3, -0.25) is 0 Å². The van der Waals surface area contributed by atoms with Crippen LogP contribution >= 0.6 is 0 Å². The second-order valence-electron chi connectivity index (χ2n) is 8.48. The SMILES string of the molecule is CC(C)(C)c1ncnc2ocnc12.Cn1cnc2ncnc(C(C)(C)C)c21. The Kier molecular flexibility index (Phi) is 4.67. The average Bonchev–Trinajstić information content (AvgIpc) is 3.20. The summed E-state index contributed by atoms with van der Waals surface area (Å²) < 4.78 is 7.06. The van der Waals surface area contributed by atoms with Crippen LogP contribution in [0.4, 0.5) is 0 Å². The minimum Gasteiger partial charge on any atom is -0.425 e. The van der Waals surface area contributed by atoms with Gasteiger partial charge in [0.2, 0.25) is 5.71 Å². The lowest BCUT2D eigenvalue weighted by molar-refractivity contribution is 0.567. The number of imidazole rings is 1. The zero-order valence-electron chi connectivity index (χ0n) is 16.8. The molecule has 8 heteroatoms. The Morgan fingerprint density at radius 1 is 0.778 bits per heavy atom. The number of rotatable bonds is 0. The van der Waals surface area contributed by atoms with Crippen LogP contribution in [-0.4, -0.2) is 34.5 Å². The lowest BCUT2D eigenvalue weighted by Gasteiger charge is -2.18. The van der Waals surface area contributed by atoms with E-state index in [1.54, 1.807) is 12.7 Å². The molecule has 0 bridgehead atoms. The summed E-state index contributed by atoms with van der Waals surface area (Å²) in [6.45, 7) is 12.7. The topological polar surface area (TPSA) is 95.4 Å². The molecule has 0 aromatic carbocycles. The summed E-state index contributed by atoms with van der Waals surface area (Å²) in [4.78, 5) is 25.0. The summed E-state index contributed by atoms with van der Waals surface area (Å²) in [6, 6.07) is 0. The number of hydrogen-bond donors (Lipinski definition) is 0. The van der Waals surface area contributed by atoms with Crippen molar-refractivity contribution in [3.8, 4) is 0 Å². The highest BCUT2D eigenvalue weighted by Crippen LogP contribution is 2.26. The van der Waals surface area contributed by atoms with Gasteiger partial charge < -0.3 is 8.98 Å². The second kappa shape index (κ2) is 6.68. The Morgan fingerprint density at radius 2 is 1.41 bits per heavy atom. The van der Waals surface area contributed by atoms with Crippen LogP contribution in [0.5, 0.6) is 0 Å². The molecule has 0 saturated heterocycles. The van der Waals surface area contributed by atoms with Crippen molar-refractivity contribution < 1.29 is 4.42 Å². The van der Waals surface area contributed by atoms with Crippen LogP contribution in [0, 0.1) is 0 Å². The molecule has 0 aliphatic heterocycles. The van der Waals surface area contributed by atoms with Gasteiger partial charge in [-0.25, -0.2) is 24.9 Å². The summed E-state index contributed by atoms with van der Waals surface area (Å²) in [6.07, 6.45) is 6.26. The van der Waals surface area contributed by atoms with Crippen molar-refractivity contribution in [2.24, 2.45) is 7.05 Å². The van der Waals surface area contributed by atoms with Gasteiger partial charge in [0.25, 0.3) is 0 Å². The van der Waals surface area contributed by atoms with Crippen LogP contribution in [-0.2, 0) is 17.9 Å². The second-order valence-corrected chi connectivity index (χ2v) is 8.48. The Balaban J connectivity index is 0.000000156. The van der Waals surface area contributed by atoms with E-state index in [2.05, 4.69) is 71.4 Å². The smallest absolute Gasteiger partial charge is 0.250 e. The van der Waals surface area contributed by atoms with E-state index in [4.69, 9.17) is 4.42 Å². The quantitative estimate of drug-likeness (QED) is 0.469. The molecule has 27 heavy (non-hydrogen) atoms. The van der Waals surface area contributed by atoms with Gasteiger partial charge >= 0.3 is 0 Å². The lowest BCUT2D eigenvalue weighted by Crippen LogP contribution is -2.15. The zero-order valence-corrected chi connectivity index (χ0v) is 16.8. The average molecular weight is 367 g/mol. The van der Waals surface area contributed by atoms with Crippen molar-refractivity contribution in [2.45, 2.75) is 52.4 Å². The number of aryl methyl sites for hydroxylation is 1. The molecule has 4 heterocycles. The fourth-order valence-electron chi connectivity index (χ4n) is 2.78. The first kappa shape index (κ1) is 18.9. The molecule has 0 amide bonds. The number of aromatic nitrogens is 7. The molecule has 0 atom stereocenters. The summed E-state index contributed by atoms with van der Waals surface area (Å²) in [5.74, 6) is 0. The number of nitrogens with zero attached hydrogens (tertiary/aromatic N) is 7. The lowest BCUT2D eigenvalue weighted by atomic mass is 9.91. The molecule has 4 aromatic rings. The molecule has 4 aromatic heterocycles. The van der Waals surface area contributed by atoms with Gasteiger partial charge in [0.1, 0.15) is 18.2 Å². The van der Waals surface area contributed by atoms with Gasteiger partial charge in [-0.15, -0.1) is 0 Å². The van der Waals surface area contributed by atoms with Gasteiger partial charge in [0.15, 0.2) is 17.6 Å². The molecular weight excluding hydrogens is 342 g/mol. The van der Waals surface area contributed by atoms with E-state index in [9.17, 15) is 0 Å². The predicted molar refractivity (Wildman–Crippen MR) is 103 cm³/mol. The van der Waals surface area contributed by atoms with E-state index in [-0.39, 0.29) is 10.8 Å². The maximum Gasteiger partial charge on any atom is 0.250 e. The van der Waals surface area contributed by atoms with E-state index in [1.165, 1.54) is 12.7 Å². The summed E-state index contributed by atoms with van der Waals surface area (Å²) in [5.41, 5.74) is 5.07. The number of hydrogen-bond acceptors (Lipinski definition) is 7. The minimum atomic E-state index is -0.0297. The highest BCUT2D eigenvalue weighted by atomic mass is 16.3. The minimum absolute atomic E-state index is 0.0228. The van der Waals surface area contributed by atoms with Gasteiger partial charge in [-0.05, 0) is 0 Å². The summed E-state index contributed by atoms with van der Waals surface area (Å²) >= 11 is 0. The van der Waals surface area contributed by atoms with E-state index in [1.807, 2.05) is 11.6 Å². The van der Waals surface area contributed by atoms with Crippen molar-refractivity contribution >= 4 is 22.4 Å². The highest BCUT2D eigenvalue weighted by molar-refractivity contribution is 5.74. The van der Waals surface area contributed by atoms with Gasteiger partial charge in [-0.1, -0.05) is 41.5 Å². The predicted octanol–water partition coefficient (Wildman–Crippen LogP) is 3.58. The third kappa shape index (κ3) is 3.79. The summed E-state index contributed by atoms with van der Waals surface area (Å²) in [7, 11) is 1.97. The molecule has 0 radical (unpaired) electrons. The Hall–Kier alpha value is -2.90. The Labute approximate surface area is 158 Å². The fourth-order valence-corrected chi connectivity index (χ4v) is 2.78. The van der Waals surface area contributed by atoms with Crippen LogP contribution in [0.2, 0.25) is 0 Å². The largest absolute Gasteiger partial charge is 0.425 e. The molecule has 0 saturated carbocycles. The molecule has 142 valence electrons. The normalized spacial score (nSPS) is 12.3. The van der Waals surface area contributed by atoms with Crippen LogP contribution in [0.15, 0.2) is 29.8 Å². The third-order valence-corrected chi connectivity index (χ3v) is 4.06. The summed E-state index contributed by atoms with van der Waals surface area (Å²) in [5, 5.41) is 0. The molecular formula is C19H25N7O. The van der Waals surface area contributed by atoms with Crippen molar-refractivity contribution in [3.63, 3.8) is 0 Å². The standard InChI is InChI=1S/C10H14N4.C9H11N3O/c1-10(2,3)8-7-9(12-5-11-8)13-6-14(7)4;1-9(2,3)7-6-8(11-4-10-7)13-5-12-6/h5-6H,1-4H3;4-5H,1-3H3. The van der Waals surface area contributed by atoms with E-state index >= 15 is 0 Å². The number of fused-ring (bicyclic) bond motifs is 2. The molecule has 8 nitrogen and oxygen atoms in total. The van der Waals surface area contributed by atoms with Crippen molar-refractivity contribution in [1.82, 2.24) is 34.5 Å². The highest BCUT2D eigenvalue weighted by Gasteiger charge is 2.21. The molecule has 0 unspecified atom stereocenters. The molecule has 0 spiro atoms. The first-order valence-electron chi connectivity index (χ1n) is 8.76. The van der Waals surface area contributed by atoms with Crippen molar-refractivity contribution in [2.75, 3.05) is 0 Å². The van der Waals surface area contributed by atoms with E-state index in [0.29, 0.717) is 5.71 Å². The zero-order chi connectivity index (χ0) is 19.8. The molecule has 0 aliphatic carbocycles. The molecule has 0 N–H and O–H groups in total. The molecule has 4 rings (SSSR count). The fraction of sp³-hybridized carbons (Fsp3) is 0.474. The van der Waals surface area contributed by atoms with Crippen molar-refractivity contribution in [1.29, 1.82) is 0 Å². The van der Waals surface area contributed by atoms with Gasteiger partial charge in [0.05, 0.1) is 17.7 Å². The van der Waals surface area contributed by atoms with E-state index < -0.39 is 0 Å². The maximum absolute atomic E-state index is 5.09. The van der Waals surface area contributed by atoms with Crippen LogP contribution < -0.4 is 0 Å². The van der Waals surface area contributed by atoms with Crippen LogP contribution in [0.1, 0.15) is 52.9 Å². The van der Waals surface area contributed by atoms with Crippen molar-refractivity contribution in [3.05, 3.63) is 36.8 Å². The van der Waals surface area contributed by atoms with Gasteiger partial charge in [0, 0.05) is 17.9 Å². The van der Waals surface area contributed by atoms with Crippen LogP contribution in [0.3, 0.4) is 0 Å². The first-order valence-corrected chi connectivity index (χ1v) is 8.76. The maximum atomic E-state index is 5.09. The first-order chi connectivity index (χ1) is 12.6. The number of oxazole rings is 1. The Morgan fingerprint density at radius 3 is 2.07 bits per heavy atom. The molecule has 0 aliphatic rings. The van der Waals surface area contributed by atoms with Crippen LogP contribution in [0.25, 0.3) is 22.4 Å². The van der Waals surface area contributed by atoms with Gasteiger partial charge in [-0.2, -0.15) is 4.98 Å². The third-order valence-electron chi connectivity index (χ3n) is 4.06. The monoisotopic (exact) mass is 367 g/mol. The Bertz CT molecular complexity index is 1070. The van der Waals surface area contributed by atoms with E-state index in [0.717, 1.165) is 28.1 Å².